The highest BCUT2D eigenvalue weighted by Crippen LogP contribution is 2.15. The molecule has 0 bridgehead atoms. The first-order valence-electron chi connectivity index (χ1n) is 10.7. The maximum Gasteiger partial charge on any atom is 0.335 e. The average Bonchev–Trinajstić information content (AvgIpc) is 2.80. The molecule has 0 radical (unpaired) electrons. The summed E-state index contributed by atoms with van der Waals surface area (Å²) in [5.74, 6) is -1.96. The van der Waals surface area contributed by atoms with Gasteiger partial charge < -0.3 is 19.8 Å². The van der Waals surface area contributed by atoms with Crippen LogP contribution in [0.25, 0.3) is 0 Å². The van der Waals surface area contributed by atoms with Gasteiger partial charge in [-0.25, -0.2) is 9.59 Å². The normalized spacial score (nSPS) is 14.1. The molecular weight excluding hydrogens is 408 g/mol. The number of ether oxygens (including phenoxy) is 1. The summed E-state index contributed by atoms with van der Waals surface area (Å²) in [4.78, 5) is 23.5. The Morgan fingerprint density at radius 2 is 1.75 bits per heavy atom. The molecule has 7 nitrogen and oxygen atoms in total. The highest BCUT2D eigenvalue weighted by molar-refractivity contribution is 5.94. The number of benzene rings is 2. The highest BCUT2D eigenvalue weighted by Gasteiger charge is 2.17. The van der Waals surface area contributed by atoms with Gasteiger partial charge >= 0.3 is 11.9 Å². The molecule has 1 heterocycles. The fraction of sp³-hybridized carbons (Fsp3) is 0.400. The monoisotopic (exact) mass is 438 g/mol. The van der Waals surface area contributed by atoms with E-state index in [1.165, 1.54) is 17.7 Å². The number of nitriles is 1. The van der Waals surface area contributed by atoms with E-state index in [4.69, 9.17) is 20.2 Å². The zero-order valence-corrected chi connectivity index (χ0v) is 18.4. The van der Waals surface area contributed by atoms with Crippen molar-refractivity contribution in [2.45, 2.75) is 26.2 Å². The predicted molar refractivity (Wildman–Crippen MR) is 121 cm³/mol. The van der Waals surface area contributed by atoms with Gasteiger partial charge in [0.05, 0.1) is 30.4 Å². The molecule has 2 aromatic carbocycles. The van der Waals surface area contributed by atoms with Crippen molar-refractivity contribution in [2.75, 3.05) is 32.8 Å². The fourth-order valence-electron chi connectivity index (χ4n) is 3.40. The second-order valence-corrected chi connectivity index (χ2v) is 7.73. The minimum Gasteiger partial charge on any atom is -0.478 e. The molecule has 0 saturated carbocycles. The predicted octanol–water partition coefficient (Wildman–Crippen LogP) is 3.87. The lowest BCUT2D eigenvalue weighted by Gasteiger charge is -2.28. The maximum atomic E-state index is 10.6. The summed E-state index contributed by atoms with van der Waals surface area (Å²) in [6, 6.07) is 16.8. The second kappa shape index (κ2) is 13.3. The van der Waals surface area contributed by atoms with Crippen molar-refractivity contribution >= 4 is 11.9 Å². The topological polar surface area (TPSA) is 111 Å². The second-order valence-electron chi connectivity index (χ2n) is 7.73. The maximum absolute atomic E-state index is 10.6. The van der Waals surface area contributed by atoms with Crippen molar-refractivity contribution in [2.24, 2.45) is 5.92 Å². The summed E-state index contributed by atoms with van der Waals surface area (Å²) in [5.41, 5.74) is 1.90. The first-order chi connectivity index (χ1) is 15.4. The molecule has 2 aromatic rings. The molecule has 0 aliphatic carbocycles. The molecule has 2 N–H and O–H groups in total. The van der Waals surface area contributed by atoms with Crippen LogP contribution in [0.3, 0.4) is 0 Å². The molecule has 7 heteroatoms. The number of aryl methyl sites for hydroxylation is 1. The Morgan fingerprint density at radius 3 is 2.34 bits per heavy atom. The van der Waals surface area contributed by atoms with Gasteiger partial charge in [0, 0.05) is 12.5 Å². The highest BCUT2D eigenvalue weighted by atomic mass is 16.5. The third kappa shape index (κ3) is 8.50. The summed E-state index contributed by atoms with van der Waals surface area (Å²) in [6.45, 7) is 6.28. The minimum absolute atomic E-state index is 0.0111. The van der Waals surface area contributed by atoms with Crippen LogP contribution in [-0.4, -0.2) is 59.9 Å². The first-order valence-corrected chi connectivity index (χ1v) is 10.7. The third-order valence-corrected chi connectivity index (χ3v) is 5.41. The van der Waals surface area contributed by atoms with Crippen LogP contribution in [0.1, 0.15) is 44.7 Å². The minimum atomic E-state index is -1.12. The molecule has 0 spiro atoms. The van der Waals surface area contributed by atoms with Gasteiger partial charge in [-0.1, -0.05) is 36.4 Å². The molecule has 1 aliphatic rings. The quantitative estimate of drug-likeness (QED) is 0.602. The number of nitrogens with zero attached hydrogens (tertiary/aromatic N) is 2. The summed E-state index contributed by atoms with van der Waals surface area (Å²) >= 11 is 0. The lowest BCUT2D eigenvalue weighted by atomic mass is 9.99. The Hall–Kier alpha value is -3.21. The van der Waals surface area contributed by atoms with Gasteiger partial charge in [-0.05, 0) is 62.5 Å². The Bertz CT molecular complexity index is 916. The number of rotatable bonds is 8. The van der Waals surface area contributed by atoms with Crippen LogP contribution >= 0.6 is 0 Å². The van der Waals surface area contributed by atoms with Crippen LogP contribution in [0.15, 0.2) is 48.5 Å². The van der Waals surface area contributed by atoms with Gasteiger partial charge in [-0.15, -0.1) is 0 Å². The molecular formula is C25H30N2O5. The summed E-state index contributed by atoms with van der Waals surface area (Å²) in [7, 11) is 0. The van der Waals surface area contributed by atoms with Gasteiger partial charge in [0.2, 0.25) is 0 Å². The Labute approximate surface area is 188 Å². The average molecular weight is 439 g/mol. The molecule has 1 aliphatic heterocycles. The number of carboxylic acids is 2. The molecule has 0 amide bonds. The van der Waals surface area contributed by atoms with E-state index < -0.39 is 11.9 Å². The zero-order chi connectivity index (χ0) is 23.3. The zero-order valence-electron chi connectivity index (χ0n) is 18.4. The number of likely N-dealkylation sites (tertiary alicyclic amines) is 1. The van der Waals surface area contributed by atoms with Crippen molar-refractivity contribution in [1.82, 2.24) is 4.90 Å². The molecule has 0 unspecified atom stereocenters. The van der Waals surface area contributed by atoms with Crippen LogP contribution in [0, 0.1) is 24.2 Å². The number of aromatic carboxylic acids is 2. The number of hydrogen-bond acceptors (Lipinski definition) is 5. The Morgan fingerprint density at radius 1 is 1.06 bits per heavy atom. The van der Waals surface area contributed by atoms with Crippen molar-refractivity contribution in [3.8, 4) is 6.07 Å². The van der Waals surface area contributed by atoms with Crippen LogP contribution in [0.2, 0.25) is 0 Å². The standard InChI is InChI=1S/C16H22N2O.C9H8O4/c17-14-16-6-9-18(10-7-16)11-13-19-12-8-15-4-2-1-3-5-15;1-5-2-3-6(8(10)11)4-7(5)9(12)13/h1-5,16H,6-13H2;2-4H,1H3,(H,10,11)(H,12,13). The third-order valence-electron chi connectivity index (χ3n) is 5.41. The largest absolute Gasteiger partial charge is 0.478 e. The summed E-state index contributed by atoms with van der Waals surface area (Å²) in [5, 5.41) is 26.1. The van der Waals surface area contributed by atoms with E-state index in [1.807, 2.05) is 6.07 Å². The van der Waals surface area contributed by atoms with Gasteiger partial charge in [-0.3, -0.25) is 0 Å². The van der Waals surface area contributed by atoms with Gasteiger partial charge in [0.25, 0.3) is 0 Å². The molecule has 1 saturated heterocycles. The van der Waals surface area contributed by atoms with Gasteiger partial charge in [0.15, 0.2) is 0 Å². The molecule has 0 atom stereocenters. The van der Waals surface area contributed by atoms with E-state index in [-0.39, 0.29) is 17.0 Å². The lowest BCUT2D eigenvalue weighted by molar-refractivity contribution is 0.0695. The van der Waals surface area contributed by atoms with Crippen LogP contribution in [0.4, 0.5) is 0 Å². The van der Waals surface area contributed by atoms with E-state index in [1.54, 1.807) is 6.92 Å². The Kier molecular flexibility index (Phi) is 10.4. The summed E-state index contributed by atoms with van der Waals surface area (Å²) < 4.78 is 5.69. The Balaban J connectivity index is 0.000000244. The fourth-order valence-corrected chi connectivity index (χ4v) is 3.40. The first kappa shape index (κ1) is 25.1. The number of carboxylic acid groups (broad SMARTS) is 2. The van der Waals surface area contributed by atoms with Crippen molar-refractivity contribution in [3.05, 3.63) is 70.8 Å². The van der Waals surface area contributed by atoms with Crippen LogP contribution < -0.4 is 0 Å². The SMILES string of the molecule is Cc1ccc(C(=O)O)cc1C(=O)O.N#CC1CCN(CCOCCc2ccccc2)CC1. The van der Waals surface area contributed by atoms with E-state index >= 15 is 0 Å². The molecule has 32 heavy (non-hydrogen) atoms. The van der Waals surface area contributed by atoms with Crippen LogP contribution in [0.5, 0.6) is 0 Å². The van der Waals surface area contributed by atoms with Crippen LogP contribution in [-0.2, 0) is 11.2 Å². The molecule has 1 fully saturated rings. The summed E-state index contributed by atoms with van der Waals surface area (Å²) in [6.07, 6.45) is 3.01. The van der Waals surface area contributed by atoms with Gasteiger partial charge in [-0.2, -0.15) is 5.26 Å². The molecule has 3 rings (SSSR count). The van der Waals surface area contributed by atoms with E-state index in [9.17, 15) is 9.59 Å². The van der Waals surface area contributed by atoms with E-state index in [0.29, 0.717) is 5.56 Å². The lowest BCUT2D eigenvalue weighted by Crippen LogP contribution is -2.35. The molecule has 170 valence electrons. The number of piperidine rings is 1. The smallest absolute Gasteiger partial charge is 0.335 e. The van der Waals surface area contributed by atoms with Gasteiger partial charge in [0.1, 0.15) is 0 Å². The van der Waals surface area contributed by atoms with E-state index in [0.717, 1.165) is 58.2 Å². The van der Waals surface area contributed by atoms with Crippen molar-refractivity contribution < 1.29 is 24.5 Å². The van der Waals surface area contributed by atoms with Crippen molar-refractivity contribution in [3.63, 3.8) is 0 Å². The number of hydrogen-bond donors (Lipinski definition) is 2. The van der Waals surface area contributed by atoms with Crippen molar-refractivity contribution in [1.29, 1.82) is 5.26 Å². The van der Waals surface area contributed by atoms with E-state index in [2.05, 4.69) is 35.2 Å². The molecule has 0 aromatic heterocycles. The number of carbonyl (C=O) groups is 2.